The first-order valence-electron chi connectivity index (χ1n) is 9.47. The average Bonchev–Trinajstić information content (AvgIpc) is 3.26. The van der Waals surface area contributed by atoms with Crippen molar-refractivity contribution in [3.05, 3.63) is 35.7 Å². The van der Waals surface area contributed by atoms with E-state index >= 15 is 0 Å². The predicted molar refractivity (Wildman–Crippen MR) is 97.0 cm³/mol. The summed E-state index contributed by atoms with van der Waals surface area (Å²) >= 11 is 0. The van der Waals surface area contributed by atoms with Crippen LogP contribution >= 0.6 is 0 Å². The number of pyridine rings is 1. The number of aryl methyl sites for hydroxylation is 1. The van der Waals surface area contributed by atoms with E-state index in [0.717, 1.165) is 63.3 Å². The number of aromatic nitrogens is 1. The molecule has 5 heteroatoms. The molecule has 3 unspecified atom stereocenters. The largest absolute Gasteiger partial charge is 0.374 e. The Morgan fingerprint density at radius 2 is 2.32 bits per heavy atom. The highest BCUT2D eigenvalue weighted by Crippen LogP contribution is 2.38. The van der Waals surface area contributed by atoms with Crippen LogP contribution in [0.2, 0.25) is 0 Å². The average molecular weight is 341 g/mol. The van der Waals surface area contributed by atoms with Crippen LogP contribution in [0.1, 0.15) is 37.1 Å². The summed E-state index contributed by atoms with van der Waals surface area (Å²) in [7, 11) is 0. The van der Waals surface area contributed by atoms with Gasteiger partial charge < -0.3 is 10.1 Å². The fraction of sp³-hybridized carbons (Fsp3) is 0.600. The number of carbonyl (C=O) groups excluding carboxylic acids is 1. The first-order chi connectivity index (χ1) is 12.2. The van der Waals surface area contributed by atoms with Crippen molar-refractivity contribution >= 4 is 11.5 Å². The standard InChI is InChI=1S/C20H27N3O2/c1-14-3-2-4-18(22-14)15-7-10-23(11-8-15)12-9-21-20(24)17-13-16-5-6-19(17)25-16/h2-4,7,16-17,19H,5-6,8-13H2,1H3,(H,21,24). The highest BCUT2D eigenvalue weighted by Gasteiger charge is 2.44. The third-order valence-corrected chi connectivity index (χ3v) is 5.68. The summed E-state index contributed by atoms with van der Waals surface area (Å²) in [6.45, 7) is 5.60. The van der Waals surface area contributed by atoms with E-state index in [-0.39, 0.29) is 17.9 Å². The number of hydrogen-bond donors (Lipinski definition) is 1. The van der Waals surface area contributed by atoms with Gasteiger partial charge in [-0.25, -0.2) is 0 Å². The molecule has 0 aliphatic carbocycles. The molecule has 2 bridgehead atoms. The Labute approximate surface area is 149 Å². The van der Waals surface area contributed by atoms with Crippen LogP contribution in [0.5, 0.6) is 0 Å². The van der Waals surface area contributed by atoms with E-state index < -0.39 is 0 Å². The van der Waals surface area contributed by atoms with Gasteiger partial charge in [-0.05, 0) is 50.3 Å². The Hall–Kier alpha value is -1.72. The molecule has 134 valence electrons. The number of nitrogens with zero attached hydrogens (tertiary/aromatic N) is 2. The lowest BCUT2D eigenvalue weighted by atomic mass is 9.88. The molecule has 0 aromatic carbocycles. The minimum atomic E-state index is 0.0824. The topological polar surface area (TPSA) is 54.5 Å². The summed E-state index contributed by atoms with van der Waals surface area (Å²) in [4.78, 5) is 19.3. The van der Waals surface area contributed by atoms with E-state index in [0.29, 0.717) is 6.10 Å². The lowest BCUT2D eigenvalue weighted by Crippen LogP contribution is -2.41. The van der Waals surface area contributed by atoms with Crippen molar-refractivity contribution in [2.45, 2.75) is 44.8 Å². The van der Waals surface area contributed by atoms with Crippen molar-refractivity contribution in [3.63, 3.8) is 0 Å². The van der Waals surface area contributed by atoms with Crippen LogP contribution in [0.4, 0.5) is 0 Å². The number of rotatable bonds is 5. The van der Waals surface area contributed by atoms with Crippen LogP contribution in [-0.4, -0.2) is 54.2 Å². The summed E-state index contributed by atoms with van der Waals surface area (Å²) in [6.07, 6.45) is 6.90. The lowest BCUT2D eigenvalue weighted by molar-refractivity contribution is -0.126. The normalized spacial score (nSPS) is 28.8. The molecule has 3 atom stereocenters. The molecule has 1 amide bonds. The van der Waals surface area contributed by atoms with Gasteiger partial charge in [0, 0.05) is 31.9 Å². The third kappa shape index (κ3) is 3.77. The van der Waals surface area contributed by atoms with Crippen molar-refractivity contribution < 1.29 is 9.53 Å². The summed E-state index contributed by atoms with van der Waals surface area (Å²) in [6, 6.07) is 6.19. The van der Waals surface area contributed by atoms with Crippen molar-refractivity contribution in [2.75, 3.05) is 26.2 Å². The first kappa shape index (κ1) is 16.7. The quantitative estimate of drug-likeness (QED) is 0.892. The van der Waals surface area contributed by atoms with E-state index in [1.165, 1.54) is 5.57 Å². The maximum absolute atomic E-state index is 12.3. The van der Waals surface area contributed by atoms with E-state index in [2.05, 4.69) is 33.4 Å². The van der Waals surface area contributed by atoms with Gasteiger partial charge in [0.1, 0.15) is 0 Å². The molecule has 3 aliphatic heterocycles. The van der Waals surface area contributed by atoms with Crippen LogP contribution in [0.3, 0.4) is 0 Å². The van der Waals surface area contributed by atoms with Crippen molar-refractivity contribution in [2.24, 2.45) is 5.92 Å². The molecule has 1 aromatic heterocycles. The molecule has 25 heavy (non-hydrogen) atoms. The second-order valence-electron chi connectivity index (χ2n) is 7.45. The summed E-state index contributed by atoms with van der Waals surface area (Å²) in [5, 5.41) is 3.11. The zero-order valence-corrected chi connectivity index (χ0v) is 14.9. The van der Waals surface area contributed by atoms with Gasteiger partial charge in [0.2, 0.25) is 5.91 Å². The van der Waals surface area contributed by atoms with Crippen LogP contribution in [0.25, 0.3) is 5.57 Å². The number of ether oxygens (including phenoxy) is 1. The van der Waals surface area contributed by atoms with Crippen molar-refractivity contribution in [1.29, 1.82) is 0 Å². The molecule has 0 spiro atoms. The molecule has 0 radical (unpaired) electrons. The van der Waals surface area contributed by atoms with E-state index in [4.69, 9.17) is 4.74 Å². The molecule has 5 nitrogen and oxygen atoms in total. The van der Waals surface area contributed by atoms with E-state index in [1.54, 1.807) is 0 Å². The molecule has 1 N–H and O–H groups in total. The molecule has 2 saturated heterocycles. The predicted octanol–water partition coefficient (Wildman–Crippen LogP) is 2.16. The van der Waals surface area contributed by atoms with Gasteiger partial charge in [-0.2, -0.15) is 0 Å². The Morgan fingerprint density at radius 1 is 1.40 bits per heavy atom. The second-order valence-corrected chi connectivity index (χ2v) is 7.45. The molecule has 4 heterocycles. The summed E-state index contributed by atoms with van der Waals surface area (Å²) < 4.78 is 5.78. The molecular weight excluding hydrogens is 314 g/mol. The first-order valence-corrected chi connectivity index (χ1v) is 9.47. The van der Waals surface area contributed by atoms with E-state index in [1.807, 2.05) is 13.0 Å². The number of fused-ring (bicyclic) bond motifs is 2. The van der Waals surface area contributed by atoms with Gasteiger partial charge in [-0.1, -0.05) is 12.1 Å². The van der Waals surface area contributed by atoms with Gasteiger partial charge in [-0.15, -0.1) is 0 Å². The highest BCUT2D eigenvalue weighted by molar-refractivity contribution is 5.79. The van der Waals surface area contributed by atoms with Gasteiger partial charge in [0.05, 0.1) is 23.8 Å². The zero-order valence-electron chi connectivity index (χ0n) is 14.9. The fourth-order valence-electron chi connectivity index (χ4n) is 4.25. The molecule has 3 aliphatic rings. The number of carbonyl (C=O) groups is 1. The summed E-state index contributed by atoms with van der Waals surface area (Å²) in [5.74, 6) is 0.267. The minimum absolute atomic E-state index is 0.0824. The van der Waals surface area contributed by atoms with Crippen LogP contribution < -0.4 is 5.32 Å². The van der Waals surface area contributed by atoms with Gasteiger partial charge in [0.15, 0.2) is 0 Å². The number of hydrogen-bond acceptors (Lipinski definition) is 4. The Kier molecular flexibility index (Phi) is 4.86. The van der Waals surface area contributed by atoms with Crippen LogP contribution in [-0.2, 0) is 9.53 Å². The molecule has 1 aromatic rings. The van der Waals surface area contributed by atoms with Crippen molar-refractivity contribution in [3.8, 4) is 0 Å². The minimum Gasteiger partial charge on any atom is -0.374 e. The number of nitrogens with one attached hydrogen (secondary N) is 1. The van der Waals surface area contributed by atoms with Gasteiger partial charge in [-0.3, -0.25) is 14.7 Å². The van der Waals surface area contributed by atoms with Gasteiger partial charge in [0.25, 0.3) is 0 Å². The second kappa shape index (κ2) is 7.26. The Bertz CT molecular complexity index is 673. The Morgan fingerprint density at radius 3 is 3.00 bits per heavy atom. The van der Waals surface area contributed by atoms with E-state index in [9.17, 15) is 4.79 Å². The van der Waals surface area contributed by atoms with Gasteiger partial charge >= 0.3 is 0 Å². The maximum Gasteiger partial charge on any atom is 0.225 e. The maximum atomic E-state index is 12.3. The molecular formula is C20H27N3O2. The molecule has 4 rings (SSSR count). The Balaban J connectivity index is 1.22. The smallest absolute Gasteiger partial charge is 0.225 e. The monoisotopic (exact) mass is 341 g/mol. The van der Waals surface area contributed by atoms with Crippen LogP contribution in [0, 0.1) is 12.8 Å². The zero-order chi connectivity index (χ0) is 17.2. The van der Waals surface area contributed by atoms with Crippen molar-refractivity contribution in [1.82, 2.24) is 15.2 Å². The third-order valence-electron chi connectivity index (χ3n) is 5.68. The molecule has 0 saturated carbocycles. The summed E-state index contributed by atoms with van der Waals surface area (Å²) in [5.41, 5.74) is 3.50. The lowest BCUT2D eigenvalue weighted by Gasteiger charge is -2.26. The molecule has 2 fully saturated rings. The van der Waals surface area contributed by atoms with Crippen LogP contribution in [0.15, 0.2) is 24.3 Å². The fourth-order valence-corrected chi connectivity index (χ4v) is 4.25. The number of amides is 1. The highest BCUT2D eigenvalue weighted by atomic mass is 16.5. The SMILES string of the molecule is Cc1cccc(C2=CCN(CCNC(=O)C3CC4CCC3O4)CC2)n1.